The summed E-state index contributed by atoms with van der Waals surface area (Å²) in [5.74, 6) is -1.88. The van der Waals surface area contributed by atoms with Crippen LogP contribution in [0.3, 0.4) is 0 Å². The standard InChI is InChI=1S/C3H7O7P.Na/c4-1-2(3(5)6)10-11(7,8)9;/h2,4H,1H2,(H,5,6)(H2,7,8,9);/q;+1/p-1. The van der Waals surface area contributed by atoms with Crippen LogP contribution in [0.4, 0.5) is 0 Å². The van der Waals surface area contributed by atoms with Gasteiger partial charge in [0.2, 0.25) is 0 Å². The Balaban J connectivity index is 0. The molecule has 0 aromatic carbocycles. The third kappa shape index (κ3) is 7.20. The van der Waals surface area contributed by atoms with Gasteiger partial charge in [0.15, 0.2) is 0 Å². The van der Waals surface area contributed by atoms with E-state index in [2.05, 4.69) is 4.52 Å². The summed E-state index contributed by atoms with van der Waals surface area (Å²) in [6.07, 6.45) is -1.99. The third-order valence-corrected chi connectivity index (χ3v) is 1.22. The van der Waals surface area contributed by atoms with Crippen LogP contribution in [-0.2, 0) is 13.9 Å². The van der Waals surface area contributed by atoms with E-state index in [1.165, 1.54) is 0 Å². The molecule has 0 saturated carbocycles. The fourth-order valence-electron chi connectivity index (χ4n) is 0.317. The van der Waals surface area contributed by atoms with Gasteiger partial charge < -0.3 is 24.8 Å². The van der Waals surface area contributed by atoms with Crippen LogP contribution in [0.1, 0.15) is 0 Å². The first kappa shape index (κ1) is 15.0. The van der Waals surface area contributed by atoms with Crippen LogP contribution < -0.4 is 34.7 Å². The number of hydrogen-bond acceptors (Lipinski definition) is 5. The van der Waals surface area contributed by atoms with Gasteiger partial charge >= 0.3 is 37.4 Å². The van der Waals surface area contributed by atoms with Gasteiger partial charge in [-0.2, -0.15) is 0 Å². The Labute approximate surface area is 89.9 Å². The number of aliphatic hydroxyl groups is 1. The molecule has 3 N–H and O–H groups in total. The second-order valence-electron chi connectivity index (χ2n) is 1.59. The number of carbonyl (C=O) groups excluding carboxylic acids is 1. The Morgan fingerprint density at radius 3 is 2.08 bits per heavy atom. The molecule has 1 atom stereocenters. The van der Waals surface area contributed by atoms with Crippen molar-refractivity contribution in [1.29, 1.82) is 0 Å². The van der Waals surface area contributed by atoms with Crippen LogP contribution in [0, 0.1) is 0 Å². The molecule has 9 heteroatoms. The summed E-state index contributed by atoms with van der Waals surface area (Å²) >= 11 is 0. The zero-order valence-corrected chi connectivity index (χ0v) is 9.10. The minimum absolute atomic E-state index is 0. The molecule has 0 fully saturated rings. The summed E-state index contributed by atoms with van der Waals surface area (Å²) in [7, 11) is -4.87. The molecule has 1 unspecified atom stereocenters. The van der Waals surface area contributed by atoms with E-state index >= 15 is 0 Å². The predicted molar refractivity (Wildman–Crippen MR) is 29.0 cm³/mol. The molecule has 7 nitrogen and oxygen atoms in total. The topological polar surface area (TPSA) is 127 Å². The van der Waals surface area contributed by atoms with Crippen molar-refractivity contribution >= 4 is 13.8 Å². The fourth-order valence-corrected chi connectivity index (χ4v) is 0.801. The summed E-state index contributed by atoms with van der Waals surface area (Å²) in [5.41, 5.74) is 0. The van der Waals surface area contributed by atoms with Crippen molar-refractivity contribution in [2.45, 2.75) is 6.10 Å². The fraction of sp³-hybridized carbons (Fsp3) is 0.667. The maximum Gasteiger partial charge on any atom is 1.00 e. The van der Waals surface area contributed by atoms with Gasteiger partial charge in [-0.15, -0.1) is 0 Å². The van der Waals surface area contributed by atoms with Crippen LogP contribution >= 0.6 is 7.82 Å². The molecule has 0 heterocycles. The molecule has 0 aliphatic rings. The molecule has 0 rings (SSSR count). The minimum atomic E-state index is -4.87. The van der Waals surface area contributed by atoms with Gasteiger partial charge in [0.05, 0.1) is 12.6 Å². The number of aliphatic hydroxyl groups excluding tert-OH is 1. The van der Waals surface area contributed by atoms with Crippen LogP contribution in [0.15, 0.2) is 0 Å². The summed E-state index contributed by atoms with van der Waals surface area (Å²) in [5, 5.41) is 18.0. The first-order valence-corrected chi connectivity index (χ1v) is 3.95. The molecular formula is C3H6NaO7P. The number of carboxylic acids is 1. The van der Waals surface area contributed by atoms with Gasteiger partial charge in [0.1, 0.15) is 6.10 Å². The molecule has 0 bridgehead atoms. The average Bonchev–Trinajstić information content (AvgIpc) is 1.80. The Morgan fingerprint density at radius 2 is 2.00 bits per heavy atom. The molecular weight excluding hydrogens is 202 g/mol. The molecule has 0 aliphatic carbocycles. The van der Waals surface area contributed by atoms with Gasteiger partial charge in [-0.3, -0.25) is 4.52 Å². The smallest absolute Gasteiger partial charge is 0.547 e. The molecule has 0 aliphatic heterocycles. The zero-order chi connectivity index (χ0) is 9.07. The van der Waals surface area contributed by atoms with Crippen LogP contribution in [0.5, 0.6) is 0 Å². The number of aliphatic carboxylic acids is 1. The van der Waals surface area contributed by atoms with Gasteiger partial charge in [-0.05, 0) is 0 Å². The summed E-state index contributed by atoms with van der Waals surface area (Å²) in [4.78, 5) is 26.0. The van der Waals surface area contributed by atoms with Crippen molar-refractivity contribution in [2.75, 3.05) is 6.61 Å². The Hall–Kier alpha value is 0.540. The average molecular weight is 208 g/mol. The van der Waals surface area contributed by atoms with Crippen LogP contribution in [0.25, 0.3) is 0 Å². The van der Waals surface area contributed by atoms with E-state index in [0.29, 0.717) is 0 Å². The monoisotopic (exact) mass is 208 g/mol. The van der Waals surface area contributed by atoms with Crippen LogP contribution in [0.2, 0.25) is 0 Å². The first-order valence-electron chi connectivity index (χ1n) is 2.42. The maximum atomic E-state index is 9.98. The molecule has 0 aromatic heterocycles. The molecule has 0 aromatic rings. The first-order chi connectivity index (χ1) is 4.87. The number of phosphoric acid groups is 1. The summed E-state index contributed by atoms with van der Waals surface area (Å²) in [6, 6.07) is 0. The van der Waals surface area contributed by atoms with Gasteiger partial charge in [-0.1, -0.05) is 0 Å². The Kier molecular flexibility index (Phi) is 7.60. The Bertz CT molecular complexity index is 187. The van der Waals surface area contributed by atoms with E-state index in [1.54, 1.807) is 0 Å². The van der Waals surface area contributed by atoms with Crippen molar-refractivity contribution in [2.24, 2.45) is 0 Å². The van der Waals surface area contributed by atoms with E-state index < -0.39 is 26.5 Å². The molecule has 0 spiro atoms. The van der Waals surface area contributed by atoms with Gasteiger partial charge in [0.25, 0.3) is 0 Å². The maximum absolute atomic E-state index is 9.98. The third-order valence-electron chi connectivity index (χ3n) is 0.693. The zero-order valence-electron chi connectivity index (χ0n) is 6.21. The second-order valence-corrected chi connectivity index (χ2v) is 2.78. The largest absolute Gasteiger partial charge is 1.00 e. The molecule has 0 amide bonds. The van der Waals surface area contributed by atoms with E-state index in [4.69, 9.17) is 14.9 Å². The number of rotatable bonds is 4. The summed E-state index contributed by atoms with van der Waals surface area (Å²) in [6.45, 7) is -1.05. The van der Waals surface area contributed by atoms with Gasteiger partial charge in [0, 0.05) is 0 Å². The second kappa shape index (κ2) is 6.06. The normalized spacial score (nSPS) is 13.2. The quantitative estimate of drug-likeness (QED) is 0.310. The number of carboxylic acid groups (broad SMARTS) is 1. The van der Waals surface area contributed by atoms with Crippen molar-refractivity contribution < 1.29 is 63.4 Å². The minimum Gasteiger partial charge on any atom is -0.547 e. The molecule has 12 heavy (non-hydrogen) atoms. The molecule has 0 radical (unpaired) electrons. The molecule has 66 valence electrons. The van der Waals surface area contributed by atoms with Crippen molar-refractivity contribution in [3.05, 3.63) is 0 Å². The Morgan fingerprint density at radius 1 is 1.58 bits per heavy atom. The van der Waals surface area contributed by atoms with Crippen molar-refractivity contribution in [3.8, 4) is 0 Å². The summed E-state index contributed by atoms with van der Waals surface area (Å²) < 4.78 is 13.6. The van der Waals surface area contributed by atoms with E-state index in [9.17, 15) is 14.5 Å². The molecule has 0 saturated heterocycles. The SMILES string of the molecule is O=C([O-])C(CO)OP(=O)(O)O.[Na+]. The predicted octanol–water partition coefficient (Wildman–Crippen LogP) is -5.79. The van der Waals surface area contributed by atoms with Crippen molar-refractivity contribution in [1.82, 2.24) is 0 Å². The van der Waals surface area contributed by atoms with E-state index in [-0.39, 0.29) is 29.6 Å². The van der Waals surface area contributed by atoms with Crippen LogP contribution in [-0.4, -0.2) is 33.6 Å². The van der Waals surface area contributed by atoms with Gasteiger partial charge in [-0.25, -0.2) is 4.57 Å². The number of phosphoric ester groups is 1. The number of hydrogen-bond donors (Lipinski definition) is 3. The number of carbonyl (C=O) groups is 1. The van der Waals surface area contributed by atoms with Crippen molar-refractivity contribution in [3.63, 3.8) is 0 Å². The van der Waals surface area contributed by atoms with E-state index in [0.717, 1.165) is 0 Å². The van der Waals surface area contributed by atoms with E-state index in [1.807, 2.05) is 0 Å².